The summed E-state index contributed by atoms with van der Waals surface area (Å²) in [6, 6.07) is 1.95. The second-order valence-corrected chi connectivity index (χ2v) is 2.00. The smallest absolute Gasteiger partial charge is 0.351 e. The first-order valence-electron chi connectivity index (χ1n) is 2.82. The first kappa shape index (κ1) is 6.62. The Bertz CT molecular complexity index is 226. The number of aliphatic carboxylic acids is 1. The standard InChI is InChI=1S/C6H6N2O2/c7-2-4-1-5(6(9)10)8-3-4/h1,4,8H,3H2,(H,9,10). The molecule has 0 amide bonds. The first-order valence-corrected chi connectivity index (χ1v) is 2.82. The monoisotopic (exact) mass is 138 g/mol. The summed E-state index contributed by atoms with van der Waals surface area (Å²) in [6.45, 7) is 0.415. The molecule has 0 spiro atoms. The average Bonchev–Trinajstić information content (AvgIpc) is 2.34. The molecule has 0 fully saturated rings. The van der Waals surface area contributed by atoms with Crippen molar-refractivity contribution in [1.29, 1.82) is 5.26 Å². The van der Waals surface area contributed by atoms with Gasteiger partial charge in [-0.05, 0) is 6.08 Å². The normalized spacial score (nSPS) is 22.7. The summed E-state index contributed by atoms with van der Waals surface area (Å²) in [7, 11) is 0. The van der Waals surface area contributed by atoms with Gasteiger partial charge in [0.05, 0.1) is 12.0 Å². The Balaban J connectivity index is 2.68. The third-order valence-corrected chi connectivity index (χ3v) is 1.28. The highest BCUT2D eigenvalue weighted by Crippen LogP contribution is 2.07. The molecule has 0 aromatic heterocycles. The molecule has 2 N–H and O–H groups in total. The van der Waals surface area contributed by atoms with E-state index >= 15 is 0 Å². The fourth-order valence-corrected chi connectivity index (χ4v) is 0.769. The van der Waals surface area contributed by atoms with E-state index < -0.39 is 5.97 Å². The molecule has 1 aliphatic heterocycles. The summed E-state index contributed by atoms with van der Waals surface area (Å²) >= 11 is 0. The number of nitrogens with one attached hydrogen (secondary N) is 1. The summed E-state index contributed by atoms with van der Waals surface area (Å²) in [5.41, 5.74) is 0.131. The Morgan fingerprint density at radius 3 is 3.00 bits per heavy atom. The molecule has 1 atom stereocenters. The summed E-state index contributed by atoms with van der Waals surface area (Å²) in [4.78, 5) is 10.2. The Morgan fingerprint density at radius 2 is 2.70 bits per heavy atom. The fourth-order valence-electron chi connectivity index (χ4n) is 0.769. The highest BCUT2D eigenvalue weighted by Gasteiger charge is 2.18. The maximum atomic E-state index is 10.2. The summed E-state index contributed by atoms with van der Waals surface area (Å²) in [6.07, 6.45) is 1.42. The molecule has 0 radical (unpaired) electrons. The molecule has 10 heavy (non-hydrogen) atoms. The number of nitriles is 1. The summed E-state index contributed by atoms with van der Waals surface area (Å²) < 4.78 is 0. The highest BCUT2D eigenvalue weighted by molar-refractivity contribution is 5.86. The molecule has 1 heterocycles. The number of hydrogen-bond acceptors (Lipinski definition) is 3. The molecule has 0 saturated carbocycles. The first-order chi connectivity index (χ1) is 4.74. The molecular formula is C6H6N2O2. The van der Waals surface area contributed by atoms with Crippen LogP contribution in [-0.4, -0.2) is 17.6 Å². The summed E-state index contributed by atoms with van der Waals surface area (Å²) in [5, 5.41) is 19.3. The van der Waals surface area contributed by atoms with E-state index in [9.17, 15) is 4.79 Å². The summed E-state index contributed by atoms with van der Waals surface area (Å²) in [5.74, 6) is -1.29. The predicted molar refractivity (Wildman–Crippen MR) is 32.8 cm³/mol. The Kier molecular flexibility index (Phi) is 1.59. The maximum Gasteiger partial charge on any atom is 0.351 e. The molecule has 0 saturated heterocycles. The van der Waals surface area contributed by atoms with E-state index in [1.54, 1.807) is 0 Å². The van der Waals surface area contributed by atoms with Crippen LogP contribution in [0.1, 0.15) is 0 Å². The van der Waals surface area contributed by atoms with Crippen LogP contribution in [0.4, 0.5) is 0 Å². The van der Waals surface area contributed by atoms with Gasteiger partial charge in [-0.3, -0.25) is 0 Å². The number of nitrogens with zero attached hydrogens (tertiary/aromatic N) is 1. The average molecular weight is 138 g/mol. The van der Waals surface area contributed by atoms with Crippen molar-refractivity contribution >= 4 is 5.97 Å². The van der Waals surface area contributed by atoms with Gasteiger partial charge in [0.2, 0.25) is 0 Å². The topological polar surface area (TPSA) is 73.1 Å². The Labute approximate surface area is 57.8 Å². The van der Waals surface area contributed by atoms with Crippen molar-refractivity contribution in [3.05, 3.63) is 11.8 Å². The Morgan fingerprint density at radius 1 is 2.00 bits per heavy atom. The van der Waals surface area contributed by atoms with Crippen molar-refractivity contribution in [1.82, 2.24) is 5.32 Å². The van der Waals surface area contributed by atoms with E-state index in [-0.39, 0.29) is 11.6 Å². The number of rotatable bonds is 1. The van der Waals surface area contributed by atoms with Crippen molar-refractivity contribution in [3.63, 3.8) is 0 Å². The van der Waals surface area contributed by atoms with Crippen molar-refractivity contribution in [2.45, 2.75) is 0 Å². The lowest BCUT2D eigenvalue weighted by atomic mass is 10.2. The zero-order valence-electron chi connectivity index (χ0n) is 5.16. The number of hydrogen-bond donors (Lipinski definition) is 2. The second kappa shape index (κ2) is 2.40. The van der Waals surface area contributed by atoms with Crippen LogP contribution >= 0.6 is 0 Å². The molecule has 1 unspecified atom stereocenters. The van der Waals surface area contributed by atoms with E-state index in [2.05, 4.69) is 5.32 Å². The van der Waals surface area contributed by atoms with Gasteiger partial charge in [0.15, 0.2) is 0 Å². The number of carboxylic acids is 1. The molecule has 0 aromatic rings. The van der Waals surface area contributed by atoms with Crippen LogP contribution in [-0.2, 0) is 4.79 Å². The van der Waals surface area contributed by atoms with E-state index in [1.807, 2.05) is 6.07 Å². The van der Waals surface area contributed by atoms with E-state index in [0.717, 1.165) is 0 Å². The second-order valence-electron chi connectivity index (χ2n) is 2.00. The zero-order chi connectivity index (χ0) is 7.56. The van der Waals surface area contributed by atoms with Crippen LogP contribution in [0.15, 0.2) is 11.8 Å². The van der Waals surface area contributed by atoms with E-state index in [0.29, 0.717) is 6.54 Å². The molecular weight excluding hydrogens is 132 g/mol. The minimum Gasteiger partial charge on any atom is -0.477 e. The lowest BCUT2D eigenvalue weighted by molar-refractivity contribution is -0.132. The van der Waals surface area contributed by atoms with E-state index in [4.69, 9.17) is 10.4 Å². The van der Waals surface area contributed by atoms with Crippen molar-refractivity contribution < 1.29 is 9.90 Å². The lowest BCUT2D eigenvalue weighted by Gasteiger charge is -1.93. The van der Waals surface area contributed by atoms with Gasteiger partial charge >= 0.3 is 5.97 Å². The van der Waals surface area contributed by atoms with Crippen LogP contribution < -0.4 is 5.32 Å². The predicted octanol–water partition coefficient (Wildman–Crippen LogP) is -0.302. The zero-order valence-corrected chi connectivity index (χ0v) is 5.16. The molecule has 1 rings (SSSR count). The van der Waals surface area contributed by atoms with Crippen molar-refractivity contribution in [2.24, 2.45) is 5.92 Å². The van der Waals surface area contributed by atoms with Gasteiger partial charge in [0, 0.05) is 6.54 Å². The molecule has 4 heteroatoms. The van der Waals surface area contributed by atoms with Gasteiger partial charge in [-0.1, -0.05) is 0 Å². The molecule has 1 aliphatic rings. The molecule has 0 aromatic carbocycles. The third kappa shape index (κ3) is 1.08. The molecule has 52 valence electrons. The highest BCUT2D eigenvalue weighted by atomic mass is 16.4. The quantitative estimate of drug-likeness (QED) is 0.521. The van der Waals surface area contributed by atoms with Gasteiger partial charge in [-0.25, -0.2) is 4.79 Å². The molecule has 4 nitrogen and oxygen atoms in total. The van der Waals surface area contributed by atoms with E-state index in [1.165, 1.54) is 6.08 Å². The van der Waals surface area contributed by atoms with Crippen LogP contribution in [0.5, 0.6) is 0 Å². The minimum atomic E-state index is -1.00. The number of carboxylic acid groups (broad SMARTS) is 1. The van der Waals surface area contributed by atoms with Crippen molar-refractivity contribution in [3.8, 4) is 6.07 Å². The number of carbonyl (C=O) groups is 1. The Hall–Kier alpha value is -1.50. The largest absolute Gasteiger partial charge is 0.477 e. The molecule has 0 bridgehead atoms. The van der Waals surface area contributed by atoms with Gasteiger partial charge in [0.1, 0.15) is 5.70 Å². The third-order valence-electron chi connectivity index (χ3n) is 1.28. The maximum absolute atomic E-state index is 10.2. The van der Waals surface area contributed by atoms with Crippen molar-refractivity contribution in [2.75, 3.05) is 6.54 Å². The van der Waals surface area contributed by atoms with Crippen LogP contribution in [0.2, 0.25) is 0 Å². The lowest BCUT2D eigenvalue weighted by Crippen LogP contribution is -2.16. The minimum absolute atomic E-state index is 0.131. The fraction of sp³-hybridized carbons (Fsp3) is 0.333. The van der Waals surface area contributed by atoms with Gasteiger partial charge in [-0.2, -0.15) is 5.26 Å². The van der Waals surface area contributed by atoms with Gasteiger partial charge in [-0.15, -0.1) is 0 Å². The van der Waals surface area contributed by atoms with Gasteiger partial charge < -0.3 is 10.4 Å². The van der Waals surface area contributed by atoms with Crippen LogP contribution in [0, 0.1) is 17.2 Å². The van der Waals surface area contributed by atoms with Crippen LogP contribution in [0.25, 0.3) is 0 Å². The SMILES string of the molecule is N#CC1C=C(C(=O)O)NC1. The molecule has 0 aliphatic carbocycles. The van der Waals surface area contributed by atoms with Crippen LogP contribution in [0.3, 0.4) is 0 Å². The van der Waals surface area contributed by atoms with Gasteiger partial charge in [0.25, 0.3) is 0 Å².